The van der Waals surface area contributed by atoms with E-state index in [4.69, 9.17) is 0 Å². The molecule has 0 aromatic heterocycles. The van der Waals surface area contributed by atoms with E-state index in [0.717, 1.165) is 47.4 Å². The van der Waals surface area contributed by atoms with E-state index in [1.165, 1.54) is 0 Å². The second-order valence-corrected chi connectivity index (χ2v) is 7.97. The summed E-state index contributed by atoms with van der Waals surface area (Å²) < 4.78 is 0. The molecule has 6 heteroatoms. The van der Waals surface area contributed by atoms with Crippen molar-refractivity contribution in [2.24, 2.45) is 0 Å². The number of hydrogen-bond acceptors (Lipinski definition) is 5. The van der Waals surface area contributed by atoms with Crippen LogP contribution in [-0.4, -0.2) is 30.8 Å². The molecular weight excluding hydrogens is 380 g/mol. The second kappa shape index (κ2) is 10.1. The summed E-state index contributed by atoms with van der Waals surface area (Å²) in [5, 5.41) is 24.7. The van der Waals surface area contributed by atoms with E-state index in [0.29, 0.717) is 12.0 Å². The highest BCUT2D eigenvalue weighted by Gasteiger charge is 2.23. The molecule has 2 atom stereocenters. The molecule has 3 rings (SSSR count). The summed E-state index contributed by atoms with van der Waals surface area (Å²) in [7, 11) is 0. The lowest BCUT2D eigenvalue weighted by Gasteiger charge is -2.23. The summed E-state index contributed by atoms with van der Waals surface area (Å²) in [6.45, 7) is 0.852. The first-order valence-electron chi connectivity index (χ1n) is 9.75. The number of rotatable bonds is 6. The predicted octanol–water partition coefficient (Wildman–Crippen LogP) is 3.64. The summed E-state index contributed by atoms with van der Waals surface area (Å²) in [5.41, 5.74) is 3.78. The molecule has 2 N–H and O–H groups in total. The van der Waals surface area contributed by atoms with E-state index >= 15 is 0 Å². The number of carbonyl (C=O) groups is 1. The van der Waals surface area contributed by atoms with Gasteiger partial charge in [0.2, 0.25) is 5.91 Å². The van der Waals surface area contributed by atoms with Gasteiger partial charge in [0, 0.05) is 11.3 Å². The van der Waals surface area contributed by atoms with Gasteiger partial charge in [-0.1, -0.05) is 36.8 Å². The molecule has 1 aliphatic rings. The van der Waals surface area contributed by atoms with E-state index in [1.54, 1.807) is 11.8 Å². The van der Waals surface area contributed by atoms with E-state index in [2.05, 4.69) is 22.8 Å². The van der Waals surface area contributed by atoms with Gasteiger partial charge >= 0.3 is 0 Å². The van der Waals surface area contributed by atoms with Crippen molar-refractivity contribution in [3.05, 3.63) is 53.6 Å². The zero-order valence-electron chi connectivity index (χ0n) is 16.4. The van der Waals surface area contributed by atoms with Crippen LogP contribution in [-0.2, 0) is 11.2 Å². The molecule has 0 aliphatic carbocycles. The molecule has 2 aromatic rings. The van der Waals surface area contributed by atoms with Gasteiger partial charge in [0.1, 0.15) is 12.1 Å². The Balaban J connectivity index is 1.65. The molecule has 1 aliphatic heterocycles. The molecule has 0 radical (unpaired) electrons. The van der Waals surface area contributed by atoms with Crippen molar-refractivity contribution in [2.45, 2.75) is 42.7 Å². The molecule has 1 amide bonds. The van der Waals surface area contributed by atoms with E-state index in [1.807, 2.05) is 48.7 Å². The molecule has 1 saturated heterocycles. The molecule has 2 aromatic carbocycles. The van der Waals surface area contributed by atoms with Gasteiger partial charge in [-0.3, -0.25) is 4.79 Å². The molecule has 148 valence electrons. The van der Waals surface area contributed by atoms with Crippen LogP contribution in [0.4, 0.5) is 0 Å². The van der Waals surface area contributed by atoms with Crippen molar-refractivity contribution >= 4 is 17.7 Å². The summed E-state index contributed by atoms with van der Waals surface area (Å²) in [6, 6.07) is 17.5. The number of benzene rings is 2. The minimum Gasteiger partial charge on any atom is -0.339 e. The standard InChI is InChI=1S/C23H24N4OS/c1-29-22-13-18(9-10-19(22)14-24)17-7-5-16(6-8-17)12-20(15-25)27-23(28)21-4-2-3-11-26-21/h5-10,13,20-21,26H,2-4,11-12H2,1H3,(H,27,28). The van der Waals surface area contributed by atoms with Crippen molar-refractivity contribution in [1.82, 2.24) is 10.6 Å². The molecule has 1 fully saturated rings. The molecule has 0 spiro atoms. The summed E-state index contributed by atoms with van der Waals surface area (Å²) >= 11 is 1.56. The minimum atomic E-state index is -0.546. The first kappa shape index (κ1) is 20.9. The minimum absolute atomic E-state index is 0.0879. The Bertz CT molecular complexity index is 937. The van der Waals surface area contributed by atoms with Gasteiger partial charge in [0.15, 0.2) is 0 Å². The van der Waals surface area contributed by atoms with E-state index in [-0.39, 0.29) is 11.9 Å². The first-order valence-corrected chi connectivity index (χ1v) is 11.0. The third-order valence-electron chi connectivity index (χ3n) is 5.15. The quantitative estimate of drug-likeness (QED) is 0.718. The zero-order chi connectivity index (χ0) is 20.6. The average molecular weight is 405 g/mol. The van der Waals surface area contributed by atoms with Crippen LogP contribution >= 0.6 is 11.8 Å². The van der Waals surface area contributed by atoms with Gasteiger partial charge in [-0.25, -0.2) is 0 Å². The van der Waals surface area contributed by atoms with Gasteiger partial charge in [0.05, 0.1) is 17.7 Å². The number of nitrogens with zero attached hydrogens (tertiary/aromatic N) is 2. The molecule has 0 saturated carbocycles. The van der Waals surface area contributed by atoms with Crippen LogP contribution in [0.15, 0.2) is 47.4 Å². The summed E-state index contributed by atoms with van der Waals surface area (Å²) in [5.74, 6) is -0.0879. The maximum absolute atomic E-state index is 12.4. The van der Waals surface area contributed by atoms with Gasteiger partial charge in [0.25, 0.3) is 0 Å². The fourth-order valence-electron chi connectivity index (χ4n) is 3.51. The average Bonchev–Trinajstić information content (AvgIpc) is 2.79. The molecule has 29 heavy (non-hydrogen) atoms. The number of nitrogens with one attached hydrogen (secondary N) is 2. The van der Waals surface area contributed by atoms with E-state index < -0.39 is 6.04 Å². The Morgan fingerprint density at radius 2 is 1.97 bits per heavy atom. The summed E-state index contributed by atoms with van der Waals surface area (Å²) in [6.07, 6.45) is 5.38. The Morgan fingerprint density at radius 1 is 1.21 bits per heavy atom. The van der Waals surface area contributed by atoms with E-state index in [9.17, 15) is 15.3 Å². The lowest BCUT2D eigenvalue weighted by Crippen LogP contribution is -2.49. The molecule has 1 heterocycles. The van der Waals surface area contributed by atoms with Crippen LogP contribution in [0.3, 0.4) is 0 Å². The van der Waals surface area contributed by atoms with Crippen LogP contribution < -0.4 is 10.6 Å². The Hall–Kier alpha value is -2.80. The number of thioether (sulfide) groups is 1. The predicted molar refractivity (Wildman–Crippen MR) is 115 cm³/mol. The fourth-order valence-corrected chi connectivity index (χ4v) is 4.09. The van der Waals surface area contributed by atoms with Gasteiger partial charge in [-0.2, -0.15) is 10.5 Å². The second-order valence-electron chi connectivity index (χ2n) is 7.12. The number of amides is 1. The van der Waals surface area contributed by atoms with Crippen molar-refractivity contribution in [1.29, 1.82) is 10.5 Å². The van der Waals surface area contributed by atoms with Crippen LogP contribution in [0, 0.1) is 22.7 Å². The van der Waals surface area contributed by atoms with Gasteiger partial charge in [-0.15, -0.1) is 11.8 Å². The summed E-state index contributed by atoms with van der Waals surface area (Å²) in [4.78, 5) is 13.3. The van der Waals surface area contributed by atoms with Crippen LogP contribution in [0.2, 0.25) is 0 Å². The Kier molecular flexibility index (Phi) is 7.30. The Morgan fingerprint density at radius 3 is 2.59 bits per heavy atom. The zero-order valence-corrected chi connectivity index (χ0v) is 17.3. The fraction of sp³-hybridized carbons (Fsp3) is 0.348. The largest absolute Gasteiger partial charge is 0.339 e. The first-order chi connectivity index (χ1) is 14.1. The van der Waals surface area contributed by atoms with Crippen LogP contribution in [0.25, 0.3) is 11.1 Å². The van der Waals surface area contributed by atoms with Crippen molar-refractivity contribution in [2.75, 3.05) is 12.8 Å². The Labute approximate surface area is 176 Å². The molecule has 2 unspecified atom stereocenters. The molecule has 5 nitrogen and oxygen atoms in total. The molecular formula is C23H24N4OS. The number of carbonyl (C=O) groups excluding carboxylic acids is 1. The number of nitriles is 2. The van der Waals surface area contributed by atoms with Crippen LogP contribution in [0.1, 0.15) is 30.4 Å². The van der Waals surface area contributed by atoms with Crippen molar-refractivity contribution in [3.8, 4) is 23.3 Å². The maximum atomic E-state index is 12.4. The smallest absolute Gasteiger partial charge is 0.238 e. The highest BCUT2D eigenvalue weighted by Crippen LogP contribution is 2.28. The SMILES string of the molecule is CSc1cc(-c2ccc(CC(C#N)NC(=O)C3CCCCN3)cc2)ccc1C#N. The van der Waals surface area contributed by atoms with Crippen LogP contribution in [0.5, 0.6) is 0 Å². The molecule has 0 bridgehead atoms. The highest BCUT2D eigenvalue weighted by molar-refractivity contribution is 7.98. The monoisotopic (exact) mass is 404 g/mol. The van der Waals surface area contributed by atoms with Gasteiger partial charge < -0.3 is 10.6 Å². The van der Waals surface area contributed by atoms with Crippen molar-refractivity contribution < 1.29 is 4.79 Å². The third kappa shape index (κ3) is 5.38. The van der Waals surface area contributed by atoms with Crippen molar-refractivity contribution in [3.63, 3.8) is 0 Å². The topological polar surface area (TPSA) is 88.7 Å². The number of piperidine rings is 1. The lowest BCUT2D eigenvalue weighted by molar-refractivity contribution is -0.124. The maximum Gasteiger partial charge on any atom is 0.238 e. The number of hydrogen-bond donors (Lipinski definition) is 2. The lowest BCUT2D eigenvalue weighted by atomic mass is 9.99. The van der Waals surface area contributed by atoms with Gasteiger partial charge in [-0.05, 0) is 54.5 Å². The normalized spacial score (nSPS) is 17.0. The highest BCUT2D eigenvalue weighted by atomic mass is 32.2. The third-order valence-corrected chi connectivity index (χ3v) is 5.93.